The van der Waals surface area contributed by atoms with Crippen molar-refractivity contribution < 1.29 is 14.1 Å². The minimum atomic E-state index is -0.220. The van der Waals surface area contributed by atoms with Crippen molar-refractivity contribution in [1.82, 2.24) is 20.4 Å². The van der Waals surface area contributed by atoms with Crippen LogP contribution in [0.2, 0.25) is 0 Å². The lowest BCUT2D eigenvalue weighted by Gasteiger charge is -2.32. The lowest BCUT2D eigenvalue weighted by Crippen LogP contribution is -2.40. The van der Waals surface area contributed by atoms with Crippen LogP contribution in [-0.4, -0.2) is 60.4 Å². The second-order valence-electron chi connectivity index (χ2n) is 6.55. The van der Waals surface area contributed by atoms with Crippen molar-refractivity contribution in [2.24, 2.45) is 0 Å². The van der Waals surface area contributed by atoms with Gasteiger partial charge in [0.2, 0.25) is 5.82 Å². The Bertz CT molecular complexity index is 767. The number of morpholine rings is 1. The smallest absolute Gasteiger partial charge is 0.321 e. The standard InChI is InChI=1S/C17H21N5O3/c1-11-9-21(2)10-14(24-11)16-19-15(20-25-16)12-4-3-5-13(8-12)22-7-6-18-17(22)23/h3-5,8,11,14H,6-7,9-10H2,1-2H3,(H,18,23)/t11-,14-/m1/s1. The molecule has 2 aliphatic heterocycles. The van der Waals surface area contributed by atoms with E-state index < -0.39 is 0 Å². The molecule has 0 radical (unpaired) electrons. The quantitative estimate of drug-likeness (QED) is 0.912. The summed E-state index contributed by atoms with van der Waals surface area (Å²) in [4.78, 5) is 20.2. The van der Waals surface area contributed by atoms with Crippen LogP contribution in [0.4, 0.5) is 10.5 Å². The average molecular weight is 343 g/mol. The number of urea groups is 1. The molecular weight excluding hydrogens is 322 g/mol. The first kappa shape index (κ1) is 16.0. The van der Waals surface area contributed by atoms with Gasteiger partial charge in [-0.25, -0.2) is 4.79 Å². The molecule has 0 saturated carbocycles. The molecule has 2 aliphatic rings. The highest BCUT2D eigenvalue weighted by Crippen LogP contribution is 2.27. The summed E-state index contributed by atoms with van der Waals surface area (Å²) in [6.45, 7) is 4.95. The third kappa shape index (κ3) is 3.22. The number of nitrogens with one attached hydrogen (secondary N) is 1. The summed E-state index contributed by atoms with van der Waals surface area (Å²) in [5.41, 5.74) is 1.63. The normalized spacial score (nSPS) is 24.6. The maximum absolute atomic E-state index is 11.8. The fourth-order valence-corrected chi connectivity index (χ4v) is 3.31. The largest absolute Gasteiger partial charge is 0.363 e. The van der Waals surface area contributed by atoms with Gasteiger partial charge in [0.15, 0.2) is 0 Å². The van der Waals surface area contributed by atoms with Gasteiger partial charge in [-0.2, -0.15) is 4.98 Å². The molecule has 1 N–H and O–H groups in total. The minimum Gasteiger partial charge on any atom is -0.363 e. The van der Waals surface area contributed by atoms with Gasteiger partial charge in [0.1, 0.15) is 6.10 Å². The predicted octanol–water partition coefficient (Wildman–Crippen LogP) is 1.66. The molecule has 1 aromatic heterocycles. The number of ether oxygens (including phenoxy) is 1. The number of hydrogen-bond donors (Lipinski definition) is 1. The molecule has 2 atom stereocenters. The zero-order valence-corrected chi connectivity index (χ0v) is 14.3. The first-order valence-electron chi connectivity index (χ1n) is 8.43. The van der Waals surface area contributed by atoms with Crippen molar-refractivity contribution in [1.29, 1.82) is 0 Å². The molecule has 0 aliphatic carbocycles. The zero-order valence-electron chi connectivity index (χ0n) is 14.3. The van der Waals surface area contributed by atoms with Gasteiger partial charge in [-0.15, -0.1) is 0 Å². The van der Waals surface area contributed by atoms with Crippen LogP contribution in [-0.2, 0) is 4.74 Å². The van der Waals surface area contributed by atoms with Crippen molar-refractivity contribution in [3.63, 3.8) is 0 Å². The average Bonchev–Trinajstić information content (AvgIpc) is 3.23. The fraction of sp³-hybridized carbons (Fsp3) is 0.471. The first-order valence-corrected chi connectivity index (χ1v) is 8.43. The van der Waals surface area contributed by atoms with Gasteiger partial charge in [-0.05, 0) is 26.1 Å². The van der Waals surface area contributed by atoms with E-state index in [1.165, 1.54) is 0 Å². The van der Waals surface area contributed by atoms with Crippen molar-refractivity contribution >= 4 is 11.7 Å². The maximum Gasteiger partial charge on any atom is 0.321 e. The van der Waals surface area contributed by atoms with E-state index in [2.05, 4.69) is 20.4 Å². The van der Waals surface area contributed by atoms with E-state index in [-0.39, 0.29) is 18.2 Å². The fourth-order valence-electron chi connectivity index (χ4n) is 3.31. The van der Waals surface area contributed by atoms with Crippen molar-refractivity contribution in [2.75, 3.05) is 38.1 Å². The number of likely N-dealkylation sites (N-methyl/N-ethyl adjacent to an activating group) is 1. The number of carbonyl (C=O) groups is 1. The number of carbonyl (C=O) groups excluding carboxylic acids is 1. The van der Waals surface area contributed by atoms with E-state index >= 15 is 0 Å². The summed E-state index contributed by atoms with van der Waals surface area (Å²) >= 11 is 0. The summed E-state index contributed by atoms with van der Waals surface area (Å²) < 4.78 is 11.3. The number of aromatic nitrogens is 2. The minimum absolute atomic E-state index is 0.0846. The van der Waals surface area contributed by atoms with Crippen molar-refractivity contribution in [3.8, 4) is 11.4 Å². The SMILES string of the molecule is C[C@@H]1CN(C)C[C@H](c2nc(-c3cccc(N4CCNC4=O)c3)no2)O1. The molecule has 2 amide bonds. The molecule has 8 heteroatoms. The molecule has 3 heterocycles. The Morgan fingerprint density at radius 3 is 2.96 bits per heavy atom. The summed E-state index contributed by atoms with van der Waals surface area (Å²) in [5.74, 6) is 0.985. The van der Waals surface area contributed by atoms with Gasteiger partial charge >= 0.3 is 6.03 Å². The number of rotatable bonds is 3. The molecule has 132 valence electrons. The van der Waals surface area contributed by atoms with E-state index in [9.17, 15) is 4.79 Å². The Kier molecular flexibility index (Phi) is 4.14. The Morgan fingerprint density at radius 1 is 1.32 bits per heavy atom. The summed E-state index contributed by atoms with van der Waals surface area (Å²) in [6, 6.07) is 7.51. The number of hydrogen-bond acceptors (Lipinski definition) is 6. The molecule has 4 rings (SSSR count). The zero-order chi connectivity index (χ0) is 17.4. The van der Waals surface area contributed by atoms with Gasteiger partial charge in [0, 0.05) is 37.4 Å². The first-order chi connectivity index (χ1) is 12.1. The maximum atomic E-state index is 11.8. The molecule has 0 unspecified atom stereocenters. The van der Waals surface area contributed by atoms with Crippen LogP contribution in [0.3, 0.4) is 0 Å². The van der Waals surface area contributed by atoms with Crippen molar-refractivity contribution in [2.45, 2.75) is 19.1 Å². The summed E-state index contributed by atoms with van der Waals surface area (Å²) in [5, 5.41) is 6.89. The van der Waals surface area contributed by atoms with Crippen LogP contribution in [0.1, 0.15) is 18.9 Å². The molecule has 2 fully saturated rings. The van der Waals surface area contributed by atoms with E-state index in [1.54, 1.807) is 4.90 Å². The topological polar surface area (TPSA) is 83.7 Å². The second kappa shape index (κ2) is 6.45. The molecule has 0 spiro atoms. The third-order valence-corrected chi connectivity index (χ3v) is 4.43. The molecule has 2 saturated heterocycles. The monoisotopic (exact) mass is 343 g/mol. The van der Waals surface area contributed by atoms with Crippen LogP contribution in [0.5, 0.6) is 0 Å². The van der Waals surface area contributed by atoms with Crippen LogP contribution >= 0.6 is 0 Å². The lowest BCUT2D eigenvalue weighted by atomic mass is 10.2. The lowest BCUT2D eigenvalue weighted by molar-refractivity contribution is -0.0838. The van der Waals surface area contributed by atoms with Crippen LogP contribution in [0, 0.1) is 0 Å². The van der Waals surface area contributed by atoms with Gasteiger partial charge in [0.25, 0.3) is 5.89 Å². The predicted molar refractivity (Wildman–Crippen MR) is 91.3 cm³/mol. The molecule has 1 aromatic carbocycles. The Balaban J connectivity index is 1.57. The van der Waals surface area contributed by atoms with E-state index in [0.717, 1.165) is 24.3 Å². The number of benzene rings is 1. The van der Waals surface area contributed by atoms with Gasteiger partial charge in [0.05, 0.1) is 6.10 Å². The van der Waals surface area contributed by atoms with Crippen LogP contribution in [0.25, 0.3) is 11.4 Å². The molecule has 0 bridgehead atoms. The van der Waals surface area contributed by atoms with Gasteiger partial charge in [-0.1, -0.05) is 17.3 Å². The highest BCUT2D eigenvalue weighted by molar-refractivity contribution is 5.94. The molecule has 8 nitrogen and oxygen atoms in total. The molecular formula is C17H21N5O3. The second-order valence-corrected chi connectivity index (χ2v) is 6.55. The summed E-state index contributed by atoms with van der Waals surface area (Å²) in [7, 11) is 2.05. The Hall–Kier alpha value is -2.45. The number of nitrogens with zero attached hydrogens (tertiary/aromatic N) is 4. The molecule has 25 heavy (non-hydrogen) atoms. The summed E-state index contributed by atoms with van der Waals surface area (Å²) in [6.07, 6.45) is -0.0985. The number of amides is 2. The third-order valence-electron chi connectivity index (χ3n) is 4.43. The Morgan fingerprint density at radius 2 is 2.20 bits per heavy atom. The van der Waals surface area contributed by atoms with Gasteiger partial charge in [-0.3, -0.25) is 4.90 Å². The van der Waals surface area contributed by atoms with Crippen molar-refractivity contribution in [3.05, 3.63) is 30.2 Å². The number of anilines is 1. The van der Waals surface area contributed by atoms with Crippen LogP contribution in [0.15, 0.2) is 28.8 Å². The van der Waals surface area contributed by atoms with E-state index in [1.807, 2.05) is 38.2 Å². The van der Waals surface area contributed by atoms with E-state index in [0.29, 0.717) is 24.8 Å². The highest BCUT2D eigenvalue weighted by atomic mass is 16.5. The Labute approximate surface area is 145 Å². The highest BCUT2D eigenvalue weighted by Gasteiger charge is 2.29. The van der Waals surface area contributed by atoms with Crippen LogP contribution < -0.4 is 10.2 Å². The van der Waals surface area contributed by atoms with Gasteiger partial charge < -0.3 is 19.5 Å². The van der Waals surface area contributed by atoms with E-state index in [4.69, 9.17) is 9.26 Å². The molecule has 2 aromatic rings.